The molecule has 0 saturated carbocycles. The van der Waals surface area contributed by atoms with Crippen LogP contribution in [0.1, 0.15) is 25.3 Å². The van der Waals surface area contributed by atoms with E-state index in [4.69, 9.17) is 9.47 Å². The highest BCUT2D eigenvalue weighted by atomic mass is 32.2. The normalized spacial score (nSPS) is 18.2. The number of carbonyl (C=O) groups is 1. The summed E-state index contributed by atoms with van der Waals surface area (Å²) in [4.78, 5) is 16.6. The van der Waals surface area contributed by atoms with Gasteiger partial charge in [-0.15, -0.1) is 0 Å². The fraction of sp³-hybridized carbons (Fsp3) is 0.579. The third-order valence-electron chi connectivity index (χ3n) is 4.49. The summed E-state index contributed by atoms with van der Waals surface area (Å²) in [5.74, 6) is 1.98. The van der Waals surface area contributed by atoms with Gasteiger partial charge in [-0.05, 0) is 25.5 Å². The van der Waals surface area contributed by atoms with Crippen molar-refractivity contribution in [2.75, 3.05) is 38.8 Å². The zero-order valence-corrected chi connectivity index (χ0v) is 18.0. The van der Waals surface area contributed by atoms with Gasteiger partial charge in [0.05, 0.1) is 32.3 Å². The molecule has 2 rings (SSSR count). The molecule has 1 aromatic carbocycles. The lowest BCUT2D eigenvalue weighted by molar-refractivity contribution is -0.121. The molecule has 10 heteroatoms. The first-order valence-corrected chi connectivity index (χ1v) is 11.4. The van der Waals surface area contributed by atoms with Crippen LogP contribution >= 0.6 is 0 Å². The van der Waals surface area contributed by atoms with Gasteiger partial charge in [0.1, 0.15) is 11.5 Å². The summed E-state index contributed by atoms with van der Waals surface area (Å²) in [5.41, 5.74) is 0.908. The van der Waals surface area contributed by atoms with E-state index in [-0.39, 0.29) is 29.9 Å². The van der Waals surface area contributed by atoms with Crippen LogP contribution in [-0.2, 0) is 21.2 Å². The van der Waals surface area contributed by atoms with Gasteiger partial charge in [-0.2, -0.15) is 0 Å². The maximum Gasteiger partial charge on any atom is 0.222 e. The monoisotopic (exact) mass is 426 g/mol. The molecule has 1 aliphatic heterocycles. The molecule has 0 radical (unpaired) electrons. The third-order valence-corrected chi connectivity index (χ3v) is 6.26. The predicted octanol–water partition coefficient (Wildman–Crippen LogP) is 0.452. The summed E-state index contributed by atoms with van der Waals surface area (Å²) in [6.07, 6.45) is 0.710. The molecular weight excluding hydrogens is 396 g/mol. The Morgan fingerprint density at radius 3 is 2.66 bits per heavy atom. The molecule has 1 aliphatic rings. The molecule has 3 N–H and O–H groups in total. The number of ether oxygens (including phenoxy) is 2. The highest BCUT2D eigenvalue weighted by Crippen LogP contribution is 2.25. The van der Waals surface area contributed by atoms with E-state index in [1.54, 1.807) is 20.3 Å². The fourth-order valence-corrected chi connectivity index (χ4v) is 4.66. The van der Waals surface area contributed by atoms with E-state index >= 15 is 0 Å². The van der Waals surface area contributed by atoms with Crippen molar-refractivity contribution in [2.24, 2.45) is 4.99 Å². The van der Waals surface area contributed by atoms with E-state index in [2.05, 4.69) is 20.9 Å². The second-order valence-electron chi connectivity index (χ2n) is 6.72. The number of nitrogens with one attached hydrogen (secondary N) is 3. The van der Waals surface area contributed by atoms with Gasteiger partial charge in [0.2, 0.25) is 5.91 Å². The summed E-state index contributed by atoms with van der Waals surface area (Å²) >= 11 is 0. The Hall–Kier alpha value is -2.49. The van der Waals surface area contributed by atoms with Crippen molar-refractivity contribution in [2.45, 2.75) is 32.4 Å². The Labute approximate surface area is 172 Å². The number of hydrogen-bond acceptors (Lipinski definition) is 6. The number of guanidine groups is 1. The molecule has 1 fully saturated rings. The molecule has 29 heavy (non-hydrogen) atoms. The Kier molecular flexibility index (Phi) is 8.56. The van der Waals surface area contributed by atoms with Crippen LogP contribution in [0, 0.1) is 0 Å². The molecule has 1 atom stereocenters. The number of hydrogen-bond donors (Lipinski definition) is 3. The molecule has 9 nitrogen and oxygen atoms in total. The van der Waals surface area contributed by atoms with Gasteiger partial charge in [-0.25, -0.2) is 13.4 Å². The summed E-state index contributed by atoms with van der Waals surface area (Å²) in [5, 5.41) is 9.03. The topological polar surface area (TPSA) is 118 Å². The van der Waals surface area contributed by atoms with Crippen molar-refractivity contribution in [3.05, 3.63) is 23.8 Å². The number of amides is 1. The van der Waals surface area contributed by atoms with Gasteiger partial charge in [-0.3, -0.25) is 4.79 Å². The van der Waals surface area contributed by atoms with Crippen LogP contribution in [0.2, 0.25) is 0 Å². The number of nitrogens with zero attached hydrogens (tertiary/aromatic N) is 1. The van der Waals surface area contributed by atoms with Gasteiger partial charge in [0, 0.05) is 37.2 Å². The number of methoxy groups -OCH3 is 2. The number of benzene rings is 1. The number of sulfone groups is 1. The van der Waals surface area contributed by atoms with E-state index in [9.17, 15) is 13.2 Å². The van der Waals surface area contributed by atoms with Gasteiger partial charge in [0.15, 0.2) is 15.8 Å². The molecule has 0 bridgehead atoms. The minimum atomic E-state index is -3.00. The largest absolute Gasteiger partial charge is 0.497 e. The Balaban J connectivity index is 1.85. The van der Waals surface area contributed by atoms with E-state index < -0.39 is 9.84 Å². The average Bonchev–Trinajstić information content (AvgIpc) is 3.03. The van der Waals surface area contributed by atoms with Crippen LogP contribution < -0.4 is 25.4 Å². The van der Waals surface area contributed by atoms with E-state index in [1.165, 1.54) is 0 Å². The minimum Gasteiger partial charge on any atom is -0.497 e. The van der Waals surface area contributed by atoms with E-state index in [0.717, 1.165) is 5.56 Å². The SMILES string of the molecule is CCNC(=NCc1ccc(OC)cc1OC)NCCC(=O)NC1CCS(=O)(=O)C1. The summed E-state index contributed by atoms with van der Waals surface area (Å²) in [6, 6.07) is 5.27. The van der Waals surface area contributed by atoms with Crippen LogP contribution in [0.5, 0.6) is 11.5 Å². The molecular formula is C19H30N4O5S. The lowest BCUT2D eigenvalue weighted by Gasteiger charge is -2.14. The molecule has 1 amide bonds. The van der Waals surface area contributed by atoms with Crippen molar-refractivity contribution in [3.8, 4) is 11.5 Å². The van der Waals surface area contributed by atoms with Gasteiger partial charge in [-0.1, -0.05) is 0 Å². The first-order chi connectivity index (χ1) is 13.9. The molecule has 1 heterocycles. The molecule has 1 unspecified atom stereocenters. The highest BCUT2D eigenvalue weighted by Gasteiger charge is 2.28. The molecule has 0 aromatic heterocycles. The maximum atomic E-state index is 12.0. The van der Waals surface area contributed by atoms with Crippen molar-refractivity contribution >= 4 is 21.7 Å². The van der Waals surface area contributed by atoms with Crippen LogP contribution in [0.3, 0.4) is 0 Å². The lowest BCUT2D eigenvalue weighted by Crippen LogP contribution is -2.41. The summed E-state index contributed by atoms with van der Waals surface area (Å²) < 4.78 is 33.5. The maximum absolute atomic E-state index is 12.0. The van der Waals surface area contributed by atoms with Crippen LogP contribution in [-0.4, -0.2) is 65.1 Å². The van der Waals surface area contributed by atoms with Gasteiger partial charge in [0.25, 0.3) is 0 Å². The zero-order valence-electron chi connectivity index (χ0n) is 17.2. The molecule has 162 valence electrons. The van der Waals surface area contributed by atoms with Crippen LogP contribution in [0.25, 0.3) is 0 Å². The van der Waals surface area contributed by atoms with E-state index in [1.807, 2.05) is 19.1 Å². The molecule has 0 spiro atoms. The van der Waals surface area contributed by atoms with Crippen molar-refractivity contribution in [1.29, 1.82) is 0 Å². The van der Waals surface area contributed by atoms with E-state index in [0.29, 0.717) is 43.5 Å². The molecule has 0 aliphatic carbocycles. The quantitative estimate of drug-likeness (QED) is 0.388. The molecule has 1 aromatic rings. The Bertz CT molecular complexity index is 826. The Morgan fingerprint density at radius 2 is 2.03 bits per heavy atom. The van der Waals surface area contributed by atoms with Crippen molar-refractivity contribution in [1.82, 2.24) is 16.0 Å². The zero-order chi connectivity index (χ0) is 21.3. The standard InChI is InChI=1S/C19H30N4O5S/c1-4-20-19(22-12-14-5-6-16(27-2)11-17(14)28-3)21-9-7-18(24)23-15-8-10-29(25,26)13-15/h5-6,11,15H,4,7-10,12-13H2,1-3H3,(H,23,24)(H2,20,21,22). The summed E-state index contributed by atoms with van der Waals surface area (Å²) in [6.45, 7) is 3.42. The molecule has 1 saturated heterocycles. The van der Waals surface area contributed by atoms with Gasteiger partial charge < -0.3 is 25.4 Å². The second kappa shape index (κ2) is 10.9. The minimum absolute atomic E-state index is 0.0277. The fourth-order valence-electron chi connectivity index (χ4n) is 2.99. The average molecular weight is 427 g/mol. The van der Waals surface area contributed by atoms with Gasteiger partial charge >= 0.3 is 0 Å². The first kappa shape index (κ1) is 22.8. The first-order valence-electron chi connectivity index (χ1n) is 9.59. The van der Waals surface area contributed by atoms with Crippen molar-refractivity contribution in [3.63, 3.8) is 0 Å². The van der Waals surface area contributed by atoms with Crippen molar-refractivity contribution < 1.29 is 22.7 Å². The summed E-state index contributed by atoms with van der Waals surface area (Å²) in [7, 11) is 0.192. The third kappa shape index (κ3) is 7.45. The highest BCUT2D eigenvalue weighted by molar-refractivity contribution is 7.91. The lowest BCUT2D eigenvalue weighted by atomic mass is 10.2. The second-order valence-corrected chi connectivity index (χ2v) is 8.95. The number of aliphatic imine (C=N–C) groups is 1. The smallest absolute Gasteiger partial charge is 0.222 e. The predicted molar refractivity (Wildman–Crippen MR) is 112 cm³/mol. The van der Waals surface area contributed by atoms with Crippen LogP contribution in [0.15, 0.2) is 23.2 Å². The number of carbonyl (C=O) groups excluding carboxylic acids is 1. The number of rotatable bonds is 9. The van der Waals surface area contributed by atoms with Crippen LogP contribution in [0.4, 0.5) is 0 Å². The Morgan fingerprint density at radius 1 is 1.24 bits per heavy atom.